The second kappa shape index (κ2) is 14.7. The molecule has 1 aromatic carbocycles. The van der Waals surface area contributed by atoms with Crippen LogP contribution in [0.15, 0.2) is 54.2 Å². The van der Waals surface area contributed by atoms with E-state index in [1.165, 1.54) is 9.80 Å². The number of hydrogen-bond donors (Lipinski definition) is 1. The highest BCUT2D eigenvalue weighted by atomic mass is 32.1. The van der Waals surface area contributed by atoms with Crippen LogP contribution in [0, 0.1) is 0 Å². The van der Waals surface area contributed by atoms with Crippen LogP contribution in [0.4, 0.5) is 32.0 Å². The summed E-state index contributed by atoms with van der Waals surface area (Å²) in [6.07, 6.45) is -7.19. The van der Waals surface area contributed by atoms with Gasteiger partial charge in [-0.15, -0.1) is 11.3 Å². The van der Waals surface area contributed by atoms with E-state index in [1.54, 1.807) is 31.2 Å². The molecule has 3 aromatic rings. The van der Waals surface area contributed by atoms with Gasteiger partial charge in [-0.05, 0) is 31.0 Å². The molecule has 50 heavy (non-hydrogen) atoms. The highest BCUT2D eigenvalue weighted by molar-refractivity contribution is 7.10. The standard InChI is InChI=1S/C33H35F6N5O5S/c1-2-6-26-31(49-21-17-27(50-20-21)33(37,38)39,10-5-12-44(26)29(46)22-18-41-11-9-23(22)32(34,35)36)30(47)43-15-13-42(14-16-43)24-7-3-4-8-25(24)48-19-28(40)45/h3-4,7-9,11,17-18,20,26H,2,5-6,10,12-16,19H2,1H3,(H2,40,45)/t26-,31+/m1/s1. The number of thiophene rings is 1. The molecule has 0 spiro atoms. The number of aromatic nitrogens is 1. The minimum absolute atomic E-state index is 0.000645. The number of halogens is 6. The first kappa shape index (κ1) is 36.7. The van der Waals surface area contributed by atoms with E-state index in [9.17, 15) is 40.7 Å². The molecule has 17 heteroatoms. The number of ether oxygens (including phenoxy) is 2. The number of piperidine rings is 1. The molecule has 270 valence electrons. The number of pyridine rings is 1. The second-order valence-electron chi connectivity index (χ2n) is 12.0. The van der Waals surface area contributed by atoms with E-state index in [4.69, 9.17) is 15.2 Å². The van der Waals surface area contributed by atoms with Crippen molar-refractivity contribution in [3.8, 4) is 11.5 Å². The summed E-state index contributed by atoms with van der Waals surface area (Å²) in [5.41, 5.74) is 2.07. The second-order valence-corrected chi connectivity index (χ2v) is 12.9. The predicted molar refractivity (Wildman–Crippen MR) is 171 cm³/mol. The molecule has 5 rings (SSSR count). The Morgan fingerprint density at radius 2 is 1.74 bits per heavy atom. The van der Waals surface area contributed by atoms with Gasteiger partial charge in [-0.25, -0.2) is 0 Å². The van der Waals surface area contributed by atoms with Crippen molar-refractivity contribution in [2.24, 2.45) is 5.73 Å². The maximum absolute atomic E-state index is 14.7. The zero-order valence-corrected chi connectivity index (χ0v) is 27.7. The smallest absolute Gasteiger partial charge is 0.425 e. The maximum Gasteiger partial charge on any atom is 0.425 e. The van der Waals surface area contributed by atoms with E-state index in [0.29, 0.717) is 48.4 Å². The van der Waals surface area contributed by atoms with Gasteiger partial charge < -0.3 is 29.9 Å². The highest BCUT2D eigenvalue weighted by Crippen LogP contribution is 2.43. The third-order valence-electron chi connectivity index (χ3n) is 8.70. The molecule has 0 radical (unpaired) electrons. The molecule has 0 saturated carbocycles. The Hall–Kier alpha value is -4.54. The first-order chi connectivity index (χ1) is 23.7. The summed E-state index contributed by atoms with van der Waals surface area (Å²) in [6, 6.07) is 7.31. The van der Waals surface area contributed by atoms with Crippen molar-refractivity contribution >= 4 is 34.7 Å². The number of piperazine rings is 1. The lowest BCUT2D eigenvalue weighted by Crippen LogP contribution is -2.69. The Balaban J connectivity index is 1.49. The molecule has 0 unspecified atom stereocenters. The first-order valence-electron chi connectivity index (χ1n) is 15.9. The van der Waals surface area contributed by atoms with Crippen molar-refractivity contribution in [3.05, 3.63) is 70.2 Å². The molecule has 2 atom stereocenters. The van der Waals surface area contributed by atoms with E-state index >= 15 is 0 Å². The number of rotatable bonds is 10. The summed E-state index contributed by atoms with van der Waals surface area (Å²) in [5.74, 6) is -2.09. The number of alkyl halides is 6. The van der Waals surface area contributed by atoms with Crippen LogP contribution in [-0.2, 0) is 21.9 Å². The summed E-state index contributed by atoms with van der Waals surface area (Å²) in [6.45, 7) is 2.27. The van der Waals surface area contributed by atoms with Crippen molar-refractivity contribution in [2.45, 2.75) is 56.6 Å². The third kappa shape index (κ3) is 7.76. The van der Waals surface area contributed by atoms with Crippen molar-refractivity contribution in [1.29, 1.82) is 0 Å². The van der Waals surface area contributed by atoms with Crippen LogP contribution < -0.4 is 20.1 Å². The van der Waals surface area contributed by atoms with Gasteiger partial charge in [-0.3, -0.25) is 19.4 Å². The van der Waals surface area contributed by atoms with Crippen LogP contribution in [0.25, 0.3) is 0 Å². The van der Waals surface area contributed by atoms with E-state index in [2.05, 4.69) is 4.98 Å². The summed E-state index contributed by atoms with van der Waals surface area (Å²) in [5, 5.41) is 1.13. The molecule has 2 aromatic heterocycles. The van der Waals surface area contributed by atoms with Crippen LogP contribution in [-0.4, -0.2) is 83.5 Å². The summed E-state index contributed by atoms with van der Waals surface area (Å²) >= 11 is 0.383. The number of amides is 3. The maximum atomic E-state index is 14.7. The monoisotopic (exact) mass is 727 g/mol. The number of nitrogens with zero attached hydrogens (tertiary/aromatic N) is 4. The molecule has 0 aliphatic carbocycles. The zero-order valence-electron chi connectivity index (χ0n) is 26.9. The molecule has 2 saturated heterocycles. The number of anilines is 1. The number of primary amides is 1. The Labute approximate surface area is 287 Å². The van der Waals surface area contributed by atoms with Gasteiger partial charge in [0.15, 0.2) is 6.61 Å². The molecule has 4 heterocycles. The van der Waals surface area contributed by atoms with Gasteiger partial charge in [0.25, 0.3) is 17.7 Å². The summed E-state index contributed by atoms with van der Waals surface area (Å²) < 4.78 is 94.6. The molecule has 10 nitrogen and oxygen atoms in total. The van der Waals surface area contributed by atoms with Crippen molar-refractivity contribution < 1.29 is 50.2 Å². The molecule has 2 aliphatic rings. The summed E-state index contributed by atoms with van der Waals surface area (Å²) in [7, 11) is 0. The Morgan fingerprint density at radius 3 is 2.38 bits per heavy atom. The number of para-hydroxylation sites is 2. The van der Waals surface area contributed by atoms with Crippen LogP contribution in [0.1, 0.15) is 53.4 Å². The minimum atomic E-state index is -4.87. The number of likely N-dealkylation sites (tertiary alicyclic amines) is 1. The number of nitrogens with two attached hydrogens (primary N) is 1. The van der Waals surface area contributed by atoms with Crippen molar-refractivity contribution in [1.82, 2.24) is 14.8 Å². The lowest BCUT2D eigenvalue weighted by atomic mass is 9.79. The number of hydrogen-bond acceptors (Lipinski definition) is 8. The zero-order chi connectivity index (χ0) is 36.3. The van der Waals surface area contributed by atoms with E-state index < -0.39 is 57.7 Å². The fourth-order valence-electron chi connectivity index (χ4n) is 6.51. The van der Waals surface area contributed by atoms with Gasteiger partial charge in [0, 0.05) is 63.0 Å². The van der Waals surface area contributed by atoms with Crippen LogP contribution >= 0.6 is 11.3 Å². The minimum Gasteiger partial charge on any atom is -0.482 e. The van der Waals surface area contributed by atoms with E-state index in [0.717, 1.165) is 23.8 Å². The Kier molecular flexibility index (Phi) is 10.8. The number of carbonyl (C=O) groups excluding carboxylic acids is 3. The van der Waals surface area contributed by atoms with Crippen LogP contribution in [0.3, 0.4) is 0 Å². The lowest BCUT2D eigenvalue weighted by Gasteiger charge is -2.50. The highest BCUT2D eigenvalue weighted by Gasteiger charge is 2.56. The van der Waals surface area contributed by atoms with Gasteiger partial charge in [-0.1, -0.05) is 25.5 Å². The first-order valence-corrected chi connectivity index (χ1v) is 16.7. The normalized spacial score (nSPS) is 20.1. The average molecular weight is 728 g/mol. The van der Waals surface area contributed by atoms with E-state index in [-0.39, 0.29) is 51.3 Å². The molecular formula is C33H35F6N5O5S. The Morgan fingerprint density at radius 1 is 1.02 bits per heavy atom. The predicted octanol–water partition coefficient (Wildman–Crippen LogP) is 5.62. The fraction of sp³-hybridized carbons (Fsp3) is 0.455. The van der Waals surface area contributed by atoms with Crippen molar-refractivity contribution in [3.63, 3.8) is 0 Å². The number of benzene rings is 1. The molecule has 0 bridgehead atoms. The van der Waals surface area contributed by atoms with Crippen molar-refractivity contribution in [2.75, 3.05) is 44.2 Å². The van der Waals surface area contributed by atoms with Gasteiger partial charge in [0.1, 0.15) is 16.4 Å². The average Bonchev–Trinajstić information content (AvgIpc) is 3.56. The molecule has 2 N–H and O–H groups in total. The summed E-state index contributed by atoms with van der Waals surface area (Å²) in [4.78, 5) is 47.4. The molecule has 2 aliphatic heterocycles. The molecule has 3 amide bonds. The largest absolute Gasteiger partial charge is 0.482 e. The number of carbonyl (C=O) groups is 3. The van der Waals surface area contributed by atoms with Gasteiger partial charge in [-0.2, -0.15) is 26.3 Å². The third-order valence-corrected chi connectivity index (χ3v) is 9.65. The van der Waals surface area contributed by atoms with Gasteiger partial charge >= 0.3 is 12.4 Å². The SMILES string of the molecule is CCC[C@H]1N(C(=O)c2cnccc2C(F)(F)F)CCC[C@@]1(Oc1csc(C(F)(F)F)c1)C(=O)N1CCN(c2ccccc2OCC(N)=O)CC1. The molecule has 2 fully saturated rings. The van der Waals surface area contributed by atoms with Gasteiger partial charge in [0.05, 0.1) is 22.9 Å². The Bertz CT molecular complexity index is 1690. The fourth-order valence-corrected chi connectivity index (χ4v) is 7.19. The lowest BCUT2D eigenvalue weighted by molar-refractivity contribution is -0.159. The molecular weight excluding hydrogens is 692 g/mol. The van der Waals surface area contributed by atoms with E-state index in [1.807, 2.05) is 4.90 Å². The van der Waals surface area contributed by atoms with Gasteiger partial charge in [0.2, 0.25) is 5.60 Å². The van der Waals surface area contributed by atoms with Crippen LogP contribution in [0.5, 0.6) is 11.5 Å². The topological polar surface area (TPSA) is 118 Å². The van der Waals surface area contributed by atoms with Crippen LogP contribution in [0.2, 0.25) is 0 Å². The quantitative estimate of drug-likeness (QED) is 0.270.